The number of aryl methyl sites for hydroxylation is 2. The van der Waals surface area contributed by atoms with Gasteiger partial charge in [0.2, 0.25) is 10.0 Å². The van der Waals surface area contributed by atoms with Gasteiger partial charge in [0.1, 0.15) is 0 Å². The lowest BCUT2D eigenvalue weighted by Crippen LogP contribution is -2.27. The Morgan fingerprint density at radius 1 is 1.00 bits per heavy atom. The number of hydrogen-bond donors (Lipinski definition) is 2. The zero-order chi connectivity index (χ0) is 17.3. The molecule has 0 fully saturated rings. The van der Waals surface area contributed by atoms with E-state index in [0.29, 0.717) is 11.1 Å². The third-order valence-electron chi connectivity index (χ3n) is 4.00. The van der Waals surface area contributed by atoms with E-state index in [1.165, 1.54) is 0 Å². The number of aromatic nitrogens is 1. The van der Waals surface area contributed by atoms with Crippen LogP contribution in [-0.4, -0.2) is 13.4 Å². The van der Waals surface area contributed by atoms with Crippen molar-refractivity contribution in [2.75, 3.05) is 0 Å². The molecule has 0 atom stereocenters. The highest BCUT2D eigenvalue weighted by atomic mass is 32.2. The molecule has 2 N–H and O–H groups in total. The monoisotopic (exact) mass is 342 g/mol. The van der Waals surface area contributed by atoms with Crippen molar-refractivity contribution in [3.63, 3.8) is 0 Å². The summed E-state index contributed by atoms with van der Waals surface area (Å²) in [5.74, 6) is 0. The smallest absolute Gasteiger partial charge is 0.252 e. The maximum atomic E-state index is 12.4. The summed E-state index contributed by atoms with van der Waals surface area (Å²) in [6.45, 7) is 3.59. The molecular weight excluding hydrogens is 324 g/mol. The van der Waals surface area contributed by atoms with E-state index in [9.17, 15) is 13.2 Å². The summed E-state index contributed by atoms with van der Waals surface area (Å²) in [7, 11) is -3.67. The van der Waals surface area contributed by atoms with Crippen LogP contribution in [-0.2, 0) is 16.6 Å². The Kier molecular flexibility index (Phi) is 4.26. The molecule has 2 aromatic carbocycles. The Balaban J connectivity index is 1.92. The molecule has 0 aliphatic rings. The number of nitrogens with one attached hydrogen (secondary N) is 2. The quantitative estimate of drug-likeness (QED) is 0.765. The molecule has 0 unspecified atom stereocenters. The van der Waals surface area contributed by atoms with E-state index in [1.807, 2.05) is 25.1 Å². The van der Waals surface area contributed by atoms with E-state index in [0.717, 1.165) is 16.5 Å². The van der Waals surface area contributed by atoms with Crippen LogP contribution in [0.2, 0.25) is 0 Å². The topological polar surface area (TPSA) is 79.0 Å². The minimum atomic E-state index is -3.67. The lowest BCUT2D eigenvalue weighted by molar-refractivity contribution is 0.580. The Morgan fingerprint density at radius 3 is 2.46 bits per heavy atom. The van der Waals surface area contributed by atoms with Crippen molar-refractivity contribution in [1.29, 1.82) is 0 Å². The SMILES string of the molecule is Cc1ccccc1S(=O)(=O)NCc1cc2cccc(C)c2[nH]c1=O. The Hall–Kier alpha value is -2.44. The van der Waals surface area contributed by atoms with Crippen LogP contribution in [0, 0.1) is 13.8 Å². The number of fused-ring (bicyclic) bond motifs is 1. The molecule has 0 saturated carbocycles. The molecule has 1 heterocycles. The predicted molar refractivity (Wildman–Crippen MR) is 94.5 cm³/mol. The molecule has 24 heavy (non-hydrogen) atoms. The number of aromatic amines is 1. The van der Waals surface area contributed by atoms with Crippen LogP contribution >= 0.6 is 0 Å². The largest absolute Gasteiger partial charge is 0.321 e. The second kappa shape index (κ2) is 6.22. The molecule has 5 nitrogen and oxygen atoms in total. The van der Waals surface area contributed by atoms with Crippen LogP contribution in [0.15, 0.2) is 58.2 Å². The second-order valence-corrected chi connectivity index (χ2v) is 7.49. The van der Waals surface area contributed by atoms with E-state index < -0.39 is 10.0 Å². The Bertz CT molecular complexity index is 1070. The van der Waals surface area contributed by atoms with Crippen LogP contribution in [0.5, 0.6) is 0 Å². The molecule has 0 radical (unpaired) electrons. The predicted octanol–water partition coefficient (Wildman–Crippen LogP) is 2.62. The van der Waals surface area contributed by atoms with Gasteiger partial charge < -0.3 is 4.98 Å². The van der Waals surface area contributed by atoms with Crippen molar-refractivity contribution in [3.05, 3.63) is 75.6 Å². The number of para-hydroxylation sites is 1. The zero-order valence-corrected chi connectivity index (χ0v) is 14.3. The van der Waals surface area contributed by atoms with Gasteiger partial charge in [0, 0.05) is 12.1 Å². The first kappa shape index (κ1) is 16.4. The van der Waals surface area contributed by atoms with Crippen LogP contribution < -0.4 is 10.3 Å². The van der Waals surface area contributed by atoms with Gasteiger partial charge in [-0.1, -0.05) is 36.4 Å². The van der Waals surface area contributed by atoms with Gasteiger partial charge in [0.05, 0.1) is 10.4 Å². The molecular formula is C18H18N2O3S. The summed E-state index contributed by atoms with van der Waals surface area (Å²) in [4.78, 5) is 15.3. The van der Waals surface area contributed by atoms with Crippen molar-refractivity contribution < 1.29 is 8.42 Å². The van der Waals surface area contributed by atoms with Crippen molar-refractivity contribution in [2.24, 2.45) is 0 Å². The summed E-state index contributed by atoms with van der Waals surface area (Å²) in [5.41, 5.74) is 2.49. The molecule has 0 aliphatic heterocycles. The molecule has 0 bridgehead atoms. The Labute approximate surface area is 140 Å². The fourth-order valence-corrected chi connectivity index (χ4v) is 3.92. The summed E-state index contributed by atoms with van der Waals surface area (Å²) in [6.07, 6.45) is 0. The molecule has 0 saturated heterocycles. The van der Waals surface area contributed by atoms with Gasteiger partial charge in [-0.25, -0.2) is 13.1 Å². The van der Waals surface area contributed by atoms with Crippen LogP contribution in [0.3, 0.4) is 0 Å². The fraction of sp³-hybridized carbons (Fsp3) is 0.167. The molecule has 124 valence electrons. The van der Waals surface area contributed by atoms with Gasteiger partial charge in [-0.05, 0) is 42.5 Å². The maximum Gasteiger partial charge on any atom is 0.252 e. The highest BCUT2D eigenvalue weighted by Crippen LogP contribution is 2.16. The summed E-state index contributed by atoms with van der Waals surface area (Å²) < 4.78 is 27.4. The second-order valence-electron chi connectivity index (χ2n) is 5.75. The first-order chi connectivity index (χ1) is 11.4. The number of rotatable bonds is 4. The van der Waals surface area contributed by atoms with Gasteiger partial charge in [-0.3, -0.25) is 4.79 Å². The maximum absolute atomic E-state index is 12.4. The number of benzene rings is 2. The zero-order valence-electron chi connectivity index (χ0n) is 13.5. The average molecular weight is 342 g/mol. The molecule has 0 aliphatic carbocycles. The molecule has 3 rings (SSSR count). The number of H-pyrrole nitrogens is 1. The van der Waals surface area contributed by atoms with E-state index in [2.05, 4.69) is 9.71 Å². The van der Waals surface area contributed by atoms with Crippen molar-refractivity contribution >= 4 is 20.9 Å². The van der Waals surface area contributed by atoms with Gasteiger partial charge in [0.15, 0.2) is 0 Å². The van der Waals surface area contributed by atoms with E-state index >= 15 is 0 Å². The lowest BCUT2D eigenvalue weighted by Gasteiger charge is -2.10. The van der Waals surface area contributed by atoms with Crippen molar-refractivity contribution in [1.82, 2.24) is 9.71 Å². The van der Waals surface area contributed by atoms with Gasteiger partial charge >= 0.3 is 0 Å². The normalized spacial score (nSPS) is 11.8. The number of hydrogen-bond acceptors (Lipinski definition) is 3. The highest BCUT2D eigenvalue weighted by Gasteiger charge is 2.16. The lowest BCUT2D eigenvalue weighted by atomic mass is 10.1. The van der Waals surface area contributed by atoms with E-state index in [1.54, 1.807) is 37.3 Å². The standard InChI is InChI=1S/C18H18N2O3S/c1-12-6-3-4-9-16(12)24(22,23)19-11-15-10-14-8-5-7-13(2)17(14)20-18(15)21/h3-10,19H,11H2,1-2H3,(H,20,21). The summed E-state index contributed by atoms with van der Waals surface area (Å²) in [5, 5.41) is 0.875. The third kappa shape index (κ3) is 3.11. The van der Waals surface area contributed by atoms with E-state index in [4.69, 9.17) is 0 Å². The summed E-state index contributed by atoms with van der Waals surface area (Å²) in [6, 6.07) is 14.2. The third-order valence-corrected chi connectivity index (χ3v) is 5.56. The molecule has 3 aromatic rings. The van der Waals surface area contributed by atoms with Crippen LogP contribution in [0.4, 0.5) is 0 Å². The number of pyridine rings is 1. The molecule has 0 spiro atoms. The highest BCUT2D eigenvalue weighted by molar-refractivity contribution is 7.89. The van der Waals surface area contributed by atoms with Crippen LogP contribution in [0.1, 0.15) is 16.7 Å². The minimum absolute atomic E-state index is 0.0596. The van der Waals surface area contributed by atoms with Crippen molar-refractivity contribution in [2.45, 2.75) is 25.3 Å². The average Bonchev–Trinajstić information content (AvgIpc) is 2.54. The minimum Gasteiger partial charge on any atom is -0.321 e. The first-order valence-electron chi connectivity index (χ1n) is 7.55. The molecule has 1 aromatic heterocycles. The van der Waals surface area contributed by atoms with Crippen LogP contribution in [0.25, 0.3) is 10.9 Å². The first-order valence-corrected chi connectivity index (χ1v) is 9.03. The fourth-order valence-electron chi connectivity index (χ4n) is 2.67. The van der Waals surface area contributed by atoms with E-state index in [-0.39, 0.29) is 17.0 Å². The van der Waals surface area contributed by atoms with Gasteiger partial charge in [-0.15, -0.1) is 0 Å². The summed E-state index contributed by atoms with van der Waals surface area (Å²) >= 11 is 0. The van der Waals surface area contributed by atoms with Gasteiger partial charge in [0.25, 0.3) is 5.56 Å². The van der Waals surface area contributed by atoms with Crippen molar-refractivity contribution in [3.8, 4) is 0 Å². The Morgan fingerprint density at radius 2 is 1.71 bits per heavy atom. The molecule has 0 amide bonds. The van der Waals surface area contributed by atoms with Gasteiger partial charge in [-0.2, -0.15) is 0 Å². The molecule has 6 heteroatoms. The number of sulfonamides is 1.